The summed E-state index contributed by atoms with van der Waals surface area (Å²) in [7, 11) is 0. The number of pyridine rings is 1. The molecule has 2 aromatic rings. The molecule has 0 saturated heterocycles. The van der Waals surface area contributed by atoms with E-state index in [1.807, 2.05) is 19.9 Å². The van der Waals surface area contributed by atoms with Crippen molar-refractivity contribution in [1.82, 2.24) is 15.2 Å². The number of aromatic nitrogens is 3. The SMILES string of the molecule is Cc1[nH]nc(Cl)c1C(C)C.Cc1ccnc(Cl)c1N. The Bertz CT molecular complexity index is 510. The van der Waals surface area contributed by atoms with E-state index >= 15 is 0 Å². The van der Waals surface area contributed by atoms with Crippen LogP contribution in [-0.2, 0) is 0 Å². The van der Waals surface area contributed by atoms with E-state index in [1.54, 1.807) is 6.20 Å². The molecule has 0 spiro atoms. The van der Waals surface area contributed by atoms with Gasteiger partial charge in [0, 0.05) is 17.5 Å². The Morgan fingerprint density at radius 1 is 1.21 bits per heavy atom. The quantitative estimate of drug-likeness (QED) is 0.778. The van der Waals surface area contributed by atoms with Gasteiger partial charge in [0.15, 0.2) is 10.3 Å². The summed E-state index contributed by atoms with van der Waals surface area (Å²) in [5.41, 5.74) is 9.22. The second-order valence-electron chi connectivity index (χ2n) is 4.54. The Morgan fingerprint density at radius 3 is 2.16 bits per heavy atom. The molecule has 0 fully saturated rings. The smallest absolute Gasteiger partial charge is 0.154 e. The third kappa shape index (κ3) is 4.11. The third-order valence-corrected chi connectivity index (χ3v) is 3.27. The molecule has 4 nitrogen and oxygen atoms in total. The Balaban J connectivity index is 0.000000191. The zero-order chi connectivity index (χ0) is 14.6. The van der Waals surface area contributed by atoms with E-state index in [2.05, 4.69) is 29.0 Å². The normalized spacial score (nSPS) is 10.3. The van der Waals surface area contributed by atoms with E-state index in [4.69, 9.17) is 28.9 Å². The largest absolute Gasteiger partial charge is 0.396 e. The van der Waals surface area contributed by atoms with Gasteiger partial charge in [-0.25, -0.2) is 4.98 Å². The molecule has 0 aliphatic heterocycles. The maximum absolute atomic E-state index is 5.80. The first-order valence-electron chi connectivity index (χ1n) is 5.91. The molecule has 2 rings (SSSR count). The predicted molar refractivity (Wildman–Crippen MR) is 80.8 cm³/mol. The van der Waals surface area contributed by atoms with Gasteiger partial charge in [-0.2, -0.15) is 5.10 Å². The molecule has 0 bridgehead atoms. The highest BCUT2D eigenvalue weighted by atomic mass is 35.5. The summed E-state index contributed by atoms with van der Waals surface area (Å²) in [5, 5.41) is 7.70. The van der Waals surface area contributed by atoms with Gasteiger partial charge in [-0.1, -0.05) is 37.0 Å². The molecule has 0 aliphatic rings. The third-order valence-electron chi connectivity index (χ3n) is 2.68. The van der Waals surface area contributed by atoms with Crippen LogP contribution in [0.4, 0.5) is 5.69 Å². The Kier molecular flexibility index (Phi) is 5.63. The summed E-state index contributed by atoms with van der Waals surface area (Å²) < 4.78 is 0. The number of H-pyrrole nitrogens is 1. The fraction of sp³-hybridized carbons (Fsp3) is 0.385. The highest BCUT2D eigenvalue weighted by Crippen LogP contribution is 2.24. The Hall–Kier alpha value is -1.26. The van der Waals surface area contributed by atoms with Gasteiger partial charge in [-0.3, -0.25) is 5.10 Å². The number of nitrogen functional groups attached to an aromatic ring is 1. The molecule has 0 unspecified atom stereocenters. The zero-order valence-electron chi connectivity index (χ0n) is 11.5. The average Bonchev–Trinajstić information content (AvgIpc) is 2.66. The zero-order valence-corrected chi connectivity index (χ0v) is 13.0. The van der Waals surface area contributed by atoms with Gasteiger partial charge in [0.25, 0.3) is 0 Å². The van der Waals surface area contributed by atoms with Gasteiger partial charge in [0.05, 0.1) is 5.69 Å². The molecule has 104 valence electrons. The fourth-order valence-corrected chi connectivity index (χ4v) is 2.22. The summed E-state index contributed by atoms with van der Waals surface area (Å²) in [5.74, 6) is 0.450. The number of halogens is 2. The van der Waals surface area contributed by atoms with E-state index in [1.165, 1.54) is 0 Å². The second-order valence-corrected chi connectivity index (χ2v) is 5.26. The van der Waals surface area contributed by atoms with Crippen molar-refractivity contribution in [3.8, 4) is 0 Å². The van der Waals surface area contributed by atoms with Crippen LogP contribution in [0, 0.1) is 13.8 Å². The van der Waals surface area contributed by atoms with E-state index in [0.717, 1.165) is 16.8 Å². The Morgan fingerprint density at radius 2 is 1.84 bits per heavy atom. The molecule has 0 atom stereocenters. The van der Waals surface area contributed by atoms with Crippen LogP contribution in [0.2, 0.25) is 10.3 Å². The number of nitrogens with zero attached hydrogens (tertiary/aromatic N) is 2. The molecular weight excluding hydrogens is 283 g/mol. The first-order valence-corrected chi connectivity index (χ1v) is 6.67. The molecule has 0 amide bonds. The summed E-state index contributed by atoms with van der Waals surface area (Å²) >= 11 is 11.4. The van der Waals surface area contributed by atoms with Crippen LogP contribution in [0.3, 0.4) is 0 Å². The van der Waals surface area contributed by atoms with Gasteiger partial charge in [0.2, 0.25) is 0 Å². The number of anilines is 1. The Labute approximate surface area is 123 Å². The van der Waals surface area contributed by atoms with Gasteiger partial charge in [-0.15, -0.1) is 0 Å². The van der Waals surface area contributed by atoms with Crippen molar-refractivity contribution in [2.24, 2.45) is 0 Å². The molecular formula is C13H18Cl2N4. The molecule has 0 saturated carbocycles. The number of hydrogen-bond acceptors (Lipinski definition) is 3. The molecule has 0 aromatic carbocycles. The molecule has 0 aliphatic carbocycles. The van der Waals surface area contributed by atoms with Crippen molar-refractivity contribution >= 4 is 28.9 Å². The van der Waals surface area contributed by atoms with Crippen molar-refractivity contribution in [3.63, 3.8) is 0 Å². The monoisotopic (exact) mass is 300 g/mol. The predicted octanol–water partition coefficient (Wildman–Crippen LogP) is 4.12. The number of rotatable bonds is 1. The van der Waals surface area contributed by atoms with Crippen LogP contribution in [0.1, 0.15) is 36.6 Å². The fourth-order valence-electron chi connectivity index (χ4n) is 1.62. The van der Waals surface area contributed by atoms with Gasteiger partial charge < -0.3 is 5.73 Å². The lowest BCUT2D eigenvalue weighted by molar-refractivity contribution is 0.857. The number of aromatic amines is 1. The molecule has 2 heterocycles. The minimum Gasteiger partial charge on any atom is -0.396 e. The van der Waals surface area contributed by atoms with Crippen molar-refractivity contribution in [2.75, 3.05) is 5.73 Å². The van der Waals surface area contributed by atoms with Crippen LogP contribution in [0.5, 0.6) is 0 Å². The van der Waals surface area contributed by atoms with E-state index in [-0.39, 0.29) is 0 Å². The standard InChI is InChI=1S/C7H11ClN2.C6H7ClN2/c1-4(2)6-5(3)9-10-7(6)8;1-4-2-3-9-6(7)5(4)8/h4H,1-3H3,(H,9,10);2-3H,8H2,1H3. The first kappa shape index (κ1) is 15.8. The maximum atomic E-state index is 5.80. The number of aryl methyl sites for hydroxylation is 2. The minimum absolute atomic E-state index is 0.384. The van der Waals surface area contributed by atoms with Gasteiger partial charge >= 0.3 is 0 Å². The summed E-state index contributed by atoms with van der Waals surface area (Å²) in [6.07, 6.45) is 1.63. The van der Waals surface area contributed by atoms with E-state index < -0.39 is 0 Å². The molecule has 6 heteroatoms. The van der Waals surface area contributed by atoms with Gasteiger partial charge in [-0.05, 0) is 31.4 Å². The van der Waals surface area contributed by atoms with Crippen molar-refractivity contribution in [3.05, 3.63) is 39.4 Å². The van der Waals surface area contributed by atoms with Crippen LogP contribution >= 0.6 is 23.2 Å². The lowest BCUT2D eigenvalue weighted by Crippen LogP contribution is -1.91. The summed E-state index contributed by atoms with van der Waals surface area (Å²) in [6.45, 7) is 8.07. The maximum Gasteiger partial charge on any atom is 0.154 e. The summed E-state index contributed by atoms with van der Waals surface area (Å²) in [4.78, 5) is 3.78. The van der Waals surface area contributed by atoms with E-state index in [9.17, 15) is 0 Å². The molecule has 0 radical (unpaired) electrons. The lowest BCUT2D eigenvalue weighted by atomic mass is 10.1. The molecule has 2 aromatic heterocycles. The summed E-state index contributed by atoms with van der Waals surface area (Å²) in [6, 6.07) is 1.82. The molecule has 19 heavy (non-hydrogen) atoms. The van der Waals surface area contributed by atoms with Crippen LogP contribution in [0.25, 0.3) is 0 Å². The average molecular weight is 301 g/mol. The number of nitrogens with two attached hydrogens (primary N) is 1. The number of nitrogens with one attached hydrogen (secondary N) is 1. The molecule has 3 N–H and O–H groups in total. The van der Waals surface area contributed by atoms with Crippen LogP contribution < -0.4 is 5.73 Å². The topological polar surface area (TPSA) is 67.6 Å². The second kappa shape index (κ2) is 6.78. The van der Waals surface area contributed by atoms with Crippen molar-refractivity contribution in [1.29, 1.82) is 0 Å². The van der Waals surface area contributed by atoms with E-state index in [0.29, 0.717) is 21.9 Å². The highest BCUT2D eigenvalue weighted by Gasteiger charge is 2.10. The minimum atomic E-state index is 0.384. The first-order chi connectivity index (χ1) is 8.84. The van der Waals surface area contributed by atoms with Gasteiger partial charge in [0.1, 0.15) is 0 Å². The van der Waals surface area contributed by atoms with Crippen molar-refractivity contribution < 1.29 is 0 Å². The number of hydrogen-bond donors (Lipinski definition) is 2. The van der Waals surface area contributed by atoms with Crippen LogP contribution in [0.15, 0.2) is 12.3 Å². The lowest BCUT2D eigenvalue weighted by Gasteiger charge is -2.01. The van der Waals surface area contributed by atoms with Crippen molar-refractivity contribution in [2.45, 2.75) is 33.6 Å². The van der Waals surface area contributed by atoms with Crippen LogP contribution in [-0.4, -0.2) is 15.2 Å². The highest BCUT2D eigenvalue weighted by molar-refractivity contribution is 6.32.